The minimum atomic E-state index is -3.59. The van der Waals surface area contributed by atoms with Crippen LogP contribution in [0.15, 0.2) is 56.9 Å². The second-order valence-electron chi connectivity index (χ2n) is 5.23. The van der Waals surface area contributed by atoms with Crippen LogP contribution >= 0.6 is 0 Å². The maximum absolute atomic E-state index is 12.1. The number of rotatable bonds is 3. The van der Waals surface area contributed by atoms with Crippen molar-refractivity contribution >= 4 is 16.2 Å². The molecule has 0 aliphatic heterocycles. The quantitative estimate of drug-likeness (QED) is 0.797. The summed E-state index contributed by atoms with van der Waals surface area (Å²) < 4.78 is 28.0. The van der Waals surface area contributed by atoms with Gasteiger partial charge in [-0.25, -0.2) is 0 Å². The van der Waals surface area contributed by atoms with Gasteiger partial charge in [-0.2, -0.15) is 12.8 Å². The molecule has 1 atom stereocenters. The molecule has 0 amide bonds. The van der Waals surface area contributed by atoms with Gasteiger partial charge in [0.2, 0.25) is 0 Å². The third-order valence-corrected chi connectivity index (χ3v) is 4.79. The summed E-state index contributed by atoms with van der Waals surface area (Å²) >= 11 is 0. The lowest BCUT2D eigenvalue weighted by Crippen LogP contribution is -2.06. The normalized spacial score (nSPS) is 19.9. The summed E-state index contributed by atoms with van der Waals surface area (Å²) in [5, 5.41) is 0. The number of benzene rings is 1. The van der Waals surface area contributed by atoms with Gasteiger partial charge in [0, 0.05) is 12.1 Å². The predicted octanol–water partition coefficient (Wildman–Crippen LogP) is 3.67. The van der Waals surface area contributed by atoms with Gasteiger partial charge in [-0.3, -0.25) is 0 Å². The first kappa shape index (κ1) is 14.7. The van der Waals surface area contributed by atoms with E-state index < -0.39 is 10.0 Å². The van der Waals surface area contributed by atoms with Crippen molar-refractivity contribution < 1.29 is 8.42 Å². The Labute approximate surface area is 120 Å². The maximum Gasteiger partial charge on any atom is 0.281 e. The molecule has 1 aromatic carbocycles. The molecule has 0 aromatic heterocycles. The molecule has 0 saturated carbocycles. The molecule has 0 radical (unpaired) electrons. The van der Waals surface area contributed by atoms with Crippen LogP contribution in [-0.4, -0.2) is 14.6 Å². The number of aryl methyl sites for hydroxylation is 1. The molecular formula is C16H19NO2S. The topological polar surface area (TPSA) is 46.5 Å². The van der Waals surface area contributed by atoms with Gasteiger partial charge in [0.15, 0.2) is 0 Å². The fraction of sp³-hybridized carbons (Fsp3) is 0.312. The van der Waals surface area contributed by atoms with Gasteiger partial charge in [0.05, 0.1) is 4.90 Å². The molecule has 0 N–H and O–H groups in total. The summed E-state index contributed by atoms with van der Waals surface area (Å²) in [6.45, 7) is 6.04. The van der Waals surface area contributed by atoms with Crippen molar-refractivity contribution in [3.05, 3.63) is 53.1 Å². The van der Waals surface area contributed by atoms with Gasteiger partial charge in [-0.1, -0.05) is 41.0 Å². The van der Waals surface area contributed by atoms with Crippen LogP contribution in [0.25, 0.3) is 0 Å². The van der Waals surface area contributed by atoms with Crippen LogP contribution in [0.2, 0.25) is 0 Å². The molecule has 1 aliphatic rings. The van der Waals surface area contributed by atoms with E-state index in [2.05, 4.69) is 18.2 Å². The fourth-order valence-electron chi connectivity index (χ4n) is 2.02. The highest BCUT2D eigenvalue weighted by Gasteiger charge is 2.14. The summed E-state index contributed by atoms with van der Waals surface area (Å²) in [5.41, 5.74) is 3.55. The Kier molecular flexibility index (Phi) is 4.23. The van der Waals surface area contributed by atoms with Crippen LogP contribution < -0.4 is 0 Å². The average Bonchev–Trinajstić information content (AvgIpc) is 2.41. The molecule has 3 nitrogen and oxygen atoms in total. The lowest BCUT2D eigenvalue weighted by molar-refractivity contribution is 0.598. The predicted molar refractivity (Wildman–Crippen MR) is 82.5 cm³/mol. The first-order valence-corrected chi connectivity index (χ1v) is 8.04. The van der Waals surface area contributed by atoms with Crippen LogP contribution in [0.4, 0.5) is 0 Å². The number of hydrogen-bond acceptors (Lipinski definition) is 2. The first-order chi connectivity index (χ1) is 9.38. The van der Waals surface area contributed by atoms with E-state index in [1.165, 1.54) is 17.4 Å². The molecule has 2 rings (SSSR count). The lowest BCUT2D eigenvalue weighted by atomic mass is 9.92. The minimum absolute atomic E-state index is 0.0546. The van der Waals surface area contributed by atoms with Crippen molar-refractivity contribution in [2.24, 2.45) is 10.3 Å². The van der Waals surface area contributed by atoms with Gasteiger partial charge in [-0.05, 0) is 39.3 Å². The van der Waals surface area contributed by atoms with Crippen LogP contribution in [0.3, 0.4) is 0 Å². The molecule has 0 bridgehead atoms. The van der Waals surface area contributed by atoms with Crippen molar-refractivity contribution in [1.29, 1.82) is 0 Å². The Balaban J connectivity index is 2.15. The van der Waals surface area contributed by atoms with Gasteiger partial charge in [0.1, 0.15) is 0 Å². The molecule has 1 unspecified atom stereocenters. The van der Waals surface area contributed by atoms with Crippen LogP contribution in [0.5, 0.6) is 0 Å². The van der Waals surface area contributed by atoms with Crippen molar-refractivity contribution in [2.75, 3.05) is 0 Å². The number of hydrogen-bond donors (Lipinski definition) is 0. The zero-order chi connectivity index (χ0) is 14.8. The van der Waals surface area contributed by atoms with Gasteiger partial charge in [-0.15, -0.1) is 0 Å². The summed E-state index contributed by atoms with van der Waals surface area (Å²) in [6, 6.07) is 6.74. The third-order valence-electron chi connectivity index (χ3n) is 3.52. The van der Waals surface area contributed by atoms with Crippen molar-refractivity contribution in [2.45, 2.75) is 32.1 Å². The van der Waals surface area contributed by atoms with Crippen molar-refractivity contribution in [1.82, 2.24) is 0 Å². The third kappa shape index (κ3) is 3.45. The summed E-state index contributed by atoms with van der Waals surface area (Å²) in [5.74, 6) is 0.0546. The molecule has 0 heterocycles. The highest BCUT2D eigenvalue weighted by atomic mass is 32.2. The Morgan fingerprint density at radius 3 is 2.40 bits per heavy atom. The Bertz CT molecular complexity index is 680. The molecule has 4 heteroatoms. The van der Waals surface area contributed by atoms with E-state index in [1.54, 1.807) is 24.3 Å². The first-order valence-electron chi connectivity index (χ1n) is 6.60. The molecule has 0 saturated heterocycles. The number of nitrogens with zero attached hydrogens (tertiary/aromatic N) is 1. The van der Waals surface area contributed by atoms with Crippen LogP contribution in [0, 0.1) is 12.8 Å². The van der Waals surface area contributed by atoms with Crippen molar-refractivity contribution in [3.63, 3.8) is 0 Å². The van der Waals surface area contributed by atoms with E-state index in [1.807, 2.05) is 19.1 Å². The summed E-state index contributed by atoms with van der Waals surface area (Å²) in [7, 11) is -3.59. The van der Waals surface area contributed by atoms with E-state index in [4.69, 9.17) is 0 Å². The van der Waals surface area contributed by atoms with E-state index >= 15 is 0 Å². The summed E-state index contributed by atoms with van der Waals surface area (Å²) in [4.78, 5) is 0.239. The van der Waals surface area contributed by atoms with E-state index in [-0.39, 0.29) is 10.8 Å². The van der Waals surface area contributed by atoms with Gasteiger partial charge in [0.25, 0.3) is 10.0 Å². The SMILES string of the molecule is CC1=C(C)CC(/C=N/S(=O)(=O)c2ccc(C)cc2)C=C1. The monoisotopic (exact) mass is 289 g/mol. The fourth-order valence-corrected chi connectivity index (χ4v) is 2.94. The lowest BCUT2D eigenvalue weighted by Gasteiger charge is -2.14. The van der Waals surface area contributed by atoms with Crippen LogP contribution in [-0.2, 0) is 10.0 Å². The second kappa shape index (κ2) is 5.75. The zero-order valence-electron chi connectivity index (χ0n) is 12.0. The molecule has 1 aromatic rings. The summed E-state index contributed by atoms with van der Waals surface area (Å²) in [6.07, 6.45) is 6.38. The zero-order valence-corrected chi connectivity index (χ0v) is 12.8. The average molecular weight is 289 g/mol. The van der Waals surface area contributed by atoms with Gasteiger partial charge < -0.3 is 0 Å². The second-order valence-corrected chi connectivity index (χ2v) is 6.87. The minimum Gasteiger partial charge on any atom is -0.199 e. The van der Waals surface area contributed by atoms with E-state index in [9.17, 15) is 8.42 Å². The van der Waals surface area contributed by atoms with Crippen LogP contribution in [0.1, 0.15) is 25.8 Å². The highest BCUT2D eigenvalue weighted by Crippen LogP contribution is 2.22. The smallest absolute Gasteiger partial charge is 0.199 e. The Morgan fingerprint density at radius 2 is 1.80 bits per heavy atom. The molecular weight excluding hydrogens is 270 g/mol. The van der Waals surface area contributed by atoms with E-state index in [0.717, 1.165) is 12.0 Å². The number of sulfonamides is 1. The molecule has 1 aliphatic carbocycles. The molecule has 0 spiro atoms. The van der Waals surface area contributed by atoms with Gasteiger partial charge >= 0.3 is 0 Å². The standard InChI is InChI=1S/C16H19NO2S/c1-12-4-8-16(9-5-12)20(18,19)17-11-15-7-6-13(2)14(3)10-15/h4-9,11,15H,10H2,1-3H3/b17-11+. The maximum atomic E-state index is 12.1. The molecule has 106 valence electrons. The van der Waals surface area contributed by atoms with E-state index in [0.29, 0.717) is 0 Å². The van der Waals surface area contributed by atoms with Crippen molar-refractivity contribution in [3.8, 4) is 0 Å². The highest BCUT2D eigenvalue weighted by molar-refractivity contribution is 7.90. The number of allylic oxidation sites excluding steroid dienone is 4. The molecule has 20 heavy (non-hydrogen) atoms. The molecule has 0 fully saturated rings. The Hall–Kier alpha value is -1.68. The largest absolute Gasteiger partial charge is 0.281 e. The Morgan fingerprint density at radius 1 is 1.15 bits per heavy atom.